The Hall–Kier alpha value is -4.29. The lowest BCUT2D eigenvalue weighted by atomic mass is 10.0. The van der Waals surface area contributed by atoms with Gasteiger partial charge < -0.3 is 18.9 Å². The summed E-state index contributed by atoms with van der Waals surface area (Å²) in [5.74, 6) is 3.25. The van der Waals surface area contributed by atoms with Gasteiger partial charge in [0.25, 0.3) is 0 Å². The van der Waals surface area contributed by atoms with Crippen molar-refractivity contribution in [3.8, 4) is 33.6 Å². The third-order valence-corrected chi connectivity index (χ3v) is 8.39. The number of thiazole rings is 1. The molecule has 0 amide bonds. The minimum absolute atomic E-state index is 0.575. The predicted octanol–water partition coefficient (Wildman–Crippen LogP) is 9.31. The minimum Gasteiger partial charge on any atom is -0.496 e. The second kappa shape index (κ2) is 13.6. The van der Waals surface area contributed by atoms with Gasteiger partial charge in [-0.1, -0.05) is 48.6 Å². The average molecular weight is 580 g/mol. The molecule has 42 heavy (non-hydrogen) atoms. The van der Waals surface area contributed by atoms with E-state index in [9.17, 15) is 0 Å². The molecule has 0 aliphatic heterocycles. The van der Waals surface area contributed by atoms with Gasteiger partial charge in [-0.05, 0) is 97.8 Å². The number of ether oxygens (including phenoxy) is 4. The van der Waals surface area contributed by atoms with Crippen LogP contribution in [0.5, 0.6) is 23.0 Å². The van der Waals surface area contributed by atoms with Crippen LogP contribution in [0.4, 0.5) is 0 Å². The summed E-state index contributed by atoms with van der Waals surface area (Å²) in [5, 5.41) is 1.01. The molecule has 1 aromatic heterocycles. The molecule has 0 atom stereocenters. The van der Waals surface area contributed by atoms with E-state index >= 15 is 0 Å². The molecule has 5 aromatic rings. The van der Waals surface area contributed by atoms with E-state index in [1.165, 1.54) is 10.3 Å². The van der Waals surface area contributed by atoms with Crippen molar-refractivity contribution in [2.45, 2.75) is 33.6 Å². The van der Waals surface area contributed by atoms with Crippen molar-refractivity contribution in [2.75, 3.05) is 27.4 Å². The molecule has 6 heteroatoms. The average Bonchev–Trinajstić information content (AvgIpc) is 3.44. The lowest BCUT2D eigenvalue weighted by Gasteiger charge is -2.13. The number of aryl methyl sites for hydroxylation is 2. The highest BCUT2D eigenvalue weighted by Gasteiger charge is 2.10. The van der Waals surface area contributed by atoms with Gasteiger partial charge in [0.1, 0.15) is 16.5 Å². The zero-order valence-electron chi connectivity index (χ0n) is 24.9. The number of benzene rings is 4. The van der Waals surface area contributed by atoms with E-state index in [-0.39, 0.29) is 0 Å². The minimum atomic E-state index is 0.575. The van der Waals surface area contributed by atoms with Crippen molar-refractivity contribution in [3.63, 3.8) is 0 Å². The molecule has 0 N–H and O–H groups in total. The Morgan fingerprint density at radius 1 is 0.667 bits per heavy atom. The van der Waals surface area contributed by atoms with Crippen molar-refractivity contribution in [1.29, 1.82) is 0 Å². The van der Waals surface area contributed by atoms with Gasteiger partial charge in [-0.3, -0.25) is 0 Å². The van der Waals surface area contributed by atoms with Crippen LogP contribution in [-0.4, -0.2) is 32.4 Å². The molecule has 0 aliphatic rings. The summed E-state index contributed by atoms with van der Waals surface area (Å²) in [4.78, 5) is 4.79. The number of methoxy groups -OCH3 is 2. The highest BCUT2D eigenvalue weighted by atomic mass is 32.1. The second-order valence-corrected chi connectivity index (χ2v) is 11.3. The summed E-state index contributed by atoms with van der Waals surface area (Å²) in [7, 11) is 3.37. The van der Waals surface area contributed by atoms with Gasteiger partial charge in [-0.2, -0.15) is 0 Å². The highest BCUT2D eigenvalue weighted by Crippen LogP contribution is 2.33. The second-order valence-electron chi connectivity index (χ2n) is 10.3. The molecule has 0 bridgehead atoms. The molecular formula is C36H37NO4S. The number of unbranched alkanes of at least 4 members (excludes halogenated alkanes) is 1. The molecule has 4 aromatic carbocycles. The fraction of sp³-hybridized carbons (Fsp3) is 0.250. The van der Waals surface area contributed by atoms with E-state index in [1.807, 2.05) is 30.3 Å². The Bertz CT molecular complexity index is 1670. The number of rotatable bonds is 12. The van der Waals surface area contributed by atoms with Gasteiger partial charge in [-0.15, -0.1) is 11.3 Å². The molecule has 0 fully saturated rings. The monoisotopic (exact) mass is 579 g/mol. The zero-order valence-corrected chi connectivity index (χ0v) is 25.7. The number of aromatic nitrogens is 1. The molecule has 5 nitrogen and oxygen atoms in total. The van der Waals surface area contributed by atoms with Gasteiger partial charge in [0.05, 0.1) is 37.6 Å². The van der Waals surface area contributed by atoms with Gasteiger partial charge in [0.2, 0.25) is 0 Å². The molecule has 0 saturated heterocycles. The summed E-state index contributed by atoms with van der Waals surface area (Å²) >= 11 is 1.70. The van der Waals surface area contributed by atoms with Crippen LogP contribution in [0.2, 0.25) is 0 Å². The lowest BCUT2D eigenvalue weighted by molar-refractivity contribution is 0.258. The summed E-state index contributed by atoms with van der Waals surface area (Å²) in [6.45, 7) is 7.44. The van der Waals surface area contributed by atoms with Crippen LogP contribution in [0, 0.1) is 20.8 Å². The van der Waals surface area contributed by atoms with Gasteiger partial charge in [-0.25, -0.2) is 4.98 Å². The molecule has 0 radical (unpaired) electrons. The molecule has 0 spiro atoms. The largest absolute Gasteiger partial charge is 0.496 e. The Kier molecular flexibility index (Phi) is 9.45. The van der Waals surface area contributed by atoms with E-state index in [4.69, 9.17) is 23.9 Å². The molecule has 0 saturated carbocycles. The Balaban J connectivity index is 1.15. The summed E-state index contributed by atoms with van der Waals surface area (Å²) < 4.78 is 24.6. The smallest absolute Gasteiger partial charge is 0.161 e. The lowest BCUT2D eigenvalue weighted by Crippen LogP contribution is -2.04. The van der Waals surface area contributed by atoms with E-state index in [2.05, 4.69) is 75.4 Å². The van der Waals surface area contributed by atoms with Gasteiger partial charge >= 0.3 is 0 Å². The van der Waals surface area contributed by atoms with Gasteiger partial charge in [0, 0.05) is 5.56 Å². The summed E-state index contributed by atoms with van der Waals surface area (Å²) in [5.41, 5.74) is 7.72. The first kappa shape index (κ1) is 29.2. The first-order chi connectivity index (χ1) is 20.4. The third kappa shape index (κ3) is 6.94. The van der Waals surface area contributed by atoms with Crippen LogP contribution < -0.4 is 18.9 Å². The van der Waals surface area contributed by atoms with Crippen LogP contribution >= 0.6 is 11.3 Å². The SMILES string of the molecule is COc1ccc(/C=C\c2cc(C)c(C)c(OC)c2)cc1OCCCCOc1cc(-c2nc3ccccc3s2)ccc1C. The molecule has 5 rings (SSSR count). The number of fused-ring (bicyclic) bond motifs is 1. The fourth-order valence-corrected chi connectivity index (χ4v) is 5.68. The van der Waals surface area contributed by atoms with E-state index < -0.39 is 0 Å². The number of para-hydroxylation sites is 1. The molecular weight excluding hydrogens is 542 g/mol. The van der Waals surface area contributed by atoms with Crippen LogP contribution in [0.15, 0.2) is 72.8 Å². The number of hydrogen-bond acceptors (Lipinski definition) is 6. The zero-order chi connectivity index (χ0) is 29.5. The standard InChI is InChI=1S/C36H37NO4S/c1-24-12-16-29(36-37-30-10-6-7-11-35(30)42-36)23-32(24)40-18-8-9-19-41-34-21-27(15-17-31(34)38-4)13-14-28-20-25(2)26(3)33(22-28)39-5/h6-7,10-17,20-23H,8-9,18-19H2,1-5H3/b14-13-. The quantitative estimate of drug-likeness (QED) is 0.109. The van der Waals surface area contributed by atoms with Crippen molar-refractivity contribution < 1.29 is 18.9 Å². The maximum absolute atomic E-state index is 6.17. The van der Waals surface area contributed by atoms with Crippen molar-refractivity contribution in [2.24, 2.45) is 0 Å². The van der Waals surface area contributed by atoms with Gasteiger partial charge in [0.15, 0.2) is 11.5 Å². The van der Waals surface area contributed by atoms with Crippen molar-refractivity contribution >= 4 is 33.7 Å². The van der Waals surface area contributed by atoms with Crippen LogP contribution in [0.1, 0.15) is 40.7 Å². The summed E-state index contributed by atoms with van der Waals surface area (Å²) in [6, 6.07) is 24.7. The predicted molar refractivity (Wildman–Crippen MR) is 174 cm³/mol. The molecule has 0 aliphatic carbocycles. The van der Waals surface area contributed by atoms with Crippen molar-refractivity contribution in [1.82, 2.24) is 4.98 Å². The normalized spacial score (nSPS) is 11.3. The van der Waals surface area contributed by atoms with Crippen LogP contribution in [0.3, 0.4) is 0 Å². The van der Waals surface area contributed by atoms with Crippen molar-refractivity contribution in [3.05, 3.63) is 101 Å². The molecule has 216 valence electrons. The Morgan fingerprint density at radius 3 is 2.14 bits per heavy atom. The van der Waals surface area contributed by atoms with Crippen LogP contribution in [-0.2, 0) is 0 Å². The topological polar surface area (TPSA) is 49.8 Å². The molecule has 0 unspecified atom stereocenters. The Labute approximate surface area is 252 Å². The third-order valence-electron chi connectivity index (χ3n) is 7.30. The number of hydrogen-bond donors (Lipinski definition) is 0. The van der Waals surface area contributed by atoms with E-state index in [1.54, 1.807) is 25.6 Å². The maximum atomic E-state index is 6.17. The maximum Gasteiger partial charge on any atom is 0.161 e. The molecule has 1 heterocycles. The summed E-state index contributed by atoms with van der Waals surface area (Å²) in [6.07, 6.45) is 5.91. The first-order valence-corrected chi connectivity index (χ1v) is 15.0. The van der Waals surface area contributed by atoms with E-state index in [0.717, 1.165) is 74.2 Å². The van der Waals surface area contributed by atoms with Crippen LogP contribution in [0.25, 0.3) is 32.9 Å². The fourth-order valence-electron chi connectivity index (χ4n) is 4.72. The van der Waals surface area contributed by atoms with E-state index in [0.29, 0.717) is 13.2 Å². The number of nitrogens with zero attached hydrogens (tertiary/aromatic N) is 1. The highest BCUT2D eigenvalue weighted by molar-refractivity contribution is 7.21. The Morgan fingerprint density at radius 2 is 1.38 bits per heavy atom. The first-order valence-electron chi connectivity index (χ1n) is 14.2.